The Balaban J connectivity index is 1.72. The number of rotatable bonds is 13. The first-order chi connectivity index (χ1) is 20.9. The maximum atomic E-state index is 13.6. The molecule has 1 aliphatic rings. The number of nitrogens with zero attached hydrogens (tertiary/aromatic N) is 2. The summed E-state index contributed by atoms with van der Waals surface area (Å²) in [7, 11) is -2.18. The van der Waals surface area contributed by atoms with Gasteiger partial charge >= 0.3 is 5.97 Å². The minimum atomic E-state index is -4.10. The van der Waals surface area contributed by atoms with Crippen molar-refractivity contribution in [3.05, 3.63) is 108 Å². The third-order valence-corrected chi connectivity index (χ3v) is 12.1. The number of β-lactam (4-membered cyclic amide) rings is 1. The Morgan fingerprint density at radius 2 is 1.66 bits per heavy atom. The molecule has 14 heteroatoms. The summed E-state index contributed by atoms with van der Waals surface area (Å²) < 4.78 is 30.2. The van der Waals surface area contributed by atoms with E-state index in [0.29, 0.717) is 28.5 Å². The molecule has 3 aromatic carbocycles. The van der Waals surface area contributed by atoms with Crippen LogP contribution in [0.3, 0.4) is 0 Å². The van der Waals surface area contributed by atoms with Crippen LogP contribution in [0, 0.1) is 0 Å². The first-order valence-corrected chi connectivity index (χ1v) is 17.5. The highest BCUT2D eigenvalue weighted by Crippen LogP contribution is 2.43. The fourth-order valence-corrected chi connectivity index (χ4v) is 8.73. The highest BCUT2D eigenvalue weighted by Gasteiger charge is 2.56. The Labute approximate surface area is 278 Å². The first kappa shape index (κ1) is 34.1. The monoisotopic (exact) mass is 714 g/mol. The van der Waals surface area contributed by atoms with E-state index >= 15 is 0 Å². The number of methoxy groups -OCH3 is 1. The van der Waals surface area contributed by atoms with Crippen molar-refractivity contribution in [1.29, 1.82) is 0 Å². The third-order valence-electron chi connectivity index (χ3n) is 6.73. The number of likely N-dealkylation sites (tertiary alicyclic amines) is 1. The number of carbonyl (C=O) groups excluding carboxylic acids is 1. The van der Waals surface area contributed by atoms with Gasteiger partial charge < -0.3 is 14.7 Å². The quantitative estimate of drug-likeness (QED) is 0.0709. The topological polar surface area (TPSA) is 113 Å². The molecule has 1 heterocycles. The van der Waals surface area contributed by atoms with Crippen molar-refractivity contribution in [3.8, 4) is 5.75 Å². The normalized spacial score (nSPS) is 18.5. The summed E-state index contributed by atoms with van der Waals surface area (Å²) >= 11 is 25.7. The maximum Gasteiger partial charge on any atom is 0.330 e. The second kappa shape index (κ2) is 14.6. The van der Waals surface area contributed by atoms with Crippen molar-refractivity contribution in [2.75, 3.05) is 13.0 Å². The van der Waals surface area contributed by atoms with Gasteiger partial charge in [-0.15, -0.1) is 11.6 Å². The number of hydrogen-bond donors (Lipinski definition) is 1. The molecule has 0 radical (unpaired) electrons. The molecule has 4 rings (SSSR count). The molecule has 3 aromatic rings. The molecule has 1 aliphatic heterocycles. The van der Waals surface area contributed by atoms with Gasteiger partial charge in [-0.25, -0.2) is 13.2 Å². The molecule has 0 spiro atoms. The third kappa shape index (κ3) is 7.55. The molecule has 3 unspecified atom stereocenters. The zero-order chi connectivity index (χ0) is 32.1. The largest absolute Gasteiger partial charge is 0.497 e. The smallest absolute Gasteiger partial charge is 0.330 e. The second-order valence-electron chi connectivity index (χ2n) is 9.51. The van der Waals surface area contributed by atoms with E-state index in [2.05, 4.69) is 4.99 Å². The number of carboxylic acids is 1. The summed E-state index contributed by atoms with van der Waals surface area (Å²) in [5, 5.41) is 8.61. The van der Waals surface area contributed by atoms with Gasteiger partial charge in [-0.3, -0.25) is 9.79 Å². The van der Waals surface area contributed by atoms with Crippen LogP contribution in [-0.2, 0) is 29.2 Å². The van der Waals surface area contributed by atoms with Crippen molar-refractivity contribution >= 4 is 83.1 Å². The molecular formula is C30H26Cl4N2O6S2. The van der Waals surface area contributed by atoms with E-state index in [1.807, 2.05) is 0 Å². The van der Waals surface area contributed by atoms with Gasteiger partial charge in [-0.2, -0.15) is 0 Å². The van der Waals surface area contributed by atoms with Crippen molar-refractivity contribution in [1.82, 2.24) is 4.90 Å². The first-order valence-electron chi connectivity index (χ1n) is 13.0. The average molecular weight is 716 g/mol. The van der Waals surface area contributed by atoms with Gasteiger partial charge in [0.2, 0.25) is 8.87 Å². The summed E-state index contributed by atoms with van der Waals surface area (Å²) in [5.41, 5.74) is 1.39. The molecular weight excluding hydrogens is 690 g/mol. The van der Waals surface area contributed by atoms with E-state index in [-0.39, 0.29) is 21.5 Å². The van der Waals surface area contributed by atoms with Crippen LogP contribution in [0.25, 0.3) is 0 Å². The Kier molecular flexibility index (Phi) is 11.3. The summed E-state index contributed by atoms with van der Waals surface area (Å²) in [6.07, 6.45) is 1.90. The number of benzene rings is 3. The van der Waals surface area contributed by atoms with Gasteiger partial charge in [-0.1, -0.05) is 102 Å². The zero-order valence-corrected chi connectivity index (χ0v) is 27.7. The molecule has 0 saturated carbocycles. The maximum absolute atomic E-state index is 13.6. The number of aliphatic carboxylic acids is 1. The van der Waals surface area contributed by atoms with E-state index in [9.17, 15) is 23.1 Å². The average Bonchev–Trinajstić information content (AvgIpc) is 3.03. The Morgan fingerprint density at radius 1 is 1.07 bits per heavy atom. The number of hydrogen-bond acceptors (Lipinski definition) is 7. The number of alkyl halides is 3. The zero-order valence-electron chi connectivity index (χ0n) is 23.0. The number of carboxylic acid groups (broad SMARTS) is 1. The fourth-order valence-electron chi connectivity index (χ4n) is 4.41. The minimum Gasteiger partial charge on any atom is -0.497 e. The Bertz CT molecular complexity index is 1650. The van der Waals surface area contributed by atoms with Gasteiger partial charge in [0.05, 0.1) is 12.0 Å². The molecule has 0 aliphatic carbocycles. The predicted octanol–water partition coefficient (Wildman–Crippen LogP) is 6.48. The number of ether oxygens (including phenoxy) is 1. The van der Waals surface area contributed by atoms with Crippen LogP contribution < -0.4 is 4.74 Å². The van der Waals surface area contributed by atoms with Crippen LogP contribution in [0.2, 0.25) is 0 Å². The molecule has 232 valence electrons. The van der Waals surface area contributed by atoms with Crippen molar-refractivity contribution in [2.45, 2.75) is 33.1 Å². The number of amides is 1. The summed E-state index contributed by atoms with van der Waals surface area (Å²) in [4.78, 5) is 31.4. The van der Waals surface area contributed by atoms with Crippen LogP contribution in [0.4, 0.5) is 0 Å². The van der Waals surface area contributed by atoms with Crippen molar-refractivity contribution in [3.63, 3.8) is 0 Å². The molecule has 1 saturated heterocycles. The lowest BCUT2D eigenvalue weighted by Crippen LogP contribution is -2.68. The summed E-state index contributed by atoms with van der Waals surface area (Å²) in [6.45, 7) is 0. The van der Waals surface area contributed by atoms with Crippen LogP contribution in [-0.4, -0.2) is 65.9 Å². The van der Waals surface area contributed by atoms with Gasteiger partial charge in [0.15, 0.2) is 16.4 Å². The van der Waals surface area contributed by atoms with Crippen LogP contribution >= 0.6 is 57.2 Å². The van der Waals surface area contributed by atoms with Gasteiger partial charge in [0.25, 0.3) is 5.91 Å². The lowest BCUT2D eigenvalue weighted by atomic mass is 9.97. The standard InChI is InChI=1S/C30H26Cl4N2O6S2/c1-42-22-16-13-19(14-17-22)12-15-20(18-31)25(28(38)39)36-26(37)24(27(36)43-44(40,41)23-10-6-3-7-11-23)35-29(32)30(33,34)21-8-4-2-5-9-21/h2-11,13-17,24-25,27H,12,18H2,1H3,(H,38,39). The molecule has 1 N–H and O–H groups in total. The molecule has 1 amide bonds. The molecule has 44 heavy (non-hydrogen) atoms. The Morgan fingerprint density at radius 3 is 2.20 bits per heavy atom. The predicted molar refractivity (Wildman–Crippen MR) is 176 cm³/mol. The van der Waals surface area contributed by atoms with E-state index in [1.165, 1.54) is 12.1 Å². The highest BCUT2D eigenvalue weighted by molar-refractivity contribution is 8.72. The van der Waals surface area contributed by atoms with Gasteiger partial charge in [-0.05, 0) is 47.4 Å². The van der Waals surface area contributed by atoms with Crippen molar-refractivity contribution < 1.29 is 27.9 Å². The van der Waals surface area contributed by atoms with E-state index < -0.39 is 42.5 Å². The van der Waals surface area contributed by atoms with Gasteiger partial charge in [0, 0.05) is 16.7 Å². The van der Waals surface area contributed by atoms with Gasteiger partial charge in [0.1, 0.15) is 16.3 Å². The molecule has 1 fully saturated rings. The number of allylic oxidation sites excluding steroid dienone is 1. The molecule has 0 aromatic heterocycles. The van der Waals surface area contributed by atoms with Crippen molar-refractivity contribution in [2.24, 2.45) is 4.99 Å². The number of aliphatic imine (C=N–C) groups is 1. The highest BCUT2D eigenvalue weighted by atomic mass is 35.5. The van der Waals surface area contributed by atoms with E-state index in [0.717, 1.165) is 10.5 Å². The molecule has 3 atom stereocenters. The lowest BCUT2D eigenvalue weighted by Gasteiger charge is -2.47. The van der Waals surface area contributed by atoms with E-state index in [4.69, 9.17) is 51.1 Å². The van der Waals surface area contributed by atoms with E-state index in [1.54, 1.807) is 86.0 Å². The minimum absolute atomic E-state index is 0.0362. The number of halogens is 4. The Hall–Kier alpha value is -2.73. The van der Waals surface area contributed by atoms with Crippen LogP contribution in [0.5, 0.6) is 5.75 Å². The SMILES string of the molecule is COc1ccc(CC=C(CCl)C(C(=O)O)N2C(=O)C(N=C(Cl)C(Cl)(Cl)c3ccccc3)C2SS(=O)(=O)c2ccccc2)cc1. The molecule has 0 bridgehead atoms. The number of carbonyl (C=O) groups is 2. The lowest BCUT2D eigenvalue weighted by molar-refractivity contribution is -0.157. The molecule has 8 nitrogen and oxygen atoms in total. The summed E-state index contributed by atoms with van der Waals surface area (Å²) in [5.74, 6) is -1.77. The van der Waals surface area contributed by atoms with Crippen LogP contribution in [0.15, 0.2) is 106 Å². The second-order valence-corrected chi connectivity index (χ2v) is 15.4. The summed E-state index contributed by atoms with van der Waals surface area (Å²) in [6, 6.07) is 20.0. The fraction of sp³-hybridized carbons (Fsp3) is 0.233. The van der Waals surface area contributed by atoms with Crippen LogP contribution in [0.1, 0.15) is 11.1 Å².